The number of esters is 12. The summed E-state index contributed by atoms with van der Waals surface area (Å²) >= 11 is 0. The first kappa shape index (κ1) is 108. The van der Waals surface area contributed by atoms with Crippen molar-refractivity contribution in [3.63, 3.8) is 0 Å². The molecule has 0 spiro atoms. The number of rotatable bonds is 76. The van der Waals surface area contributed by atoms with Crippen LogP contribution in [0.1, 0.15) is 245 Å². The zero-order valence-electron chi connectivity index (χ0n) is 72.1. The monoisotopic (exact) mass is 1650 g/mol. The number of carbonyl (C=O) groups excluding carboxylic acids is 12. The first-order valence-corrected chi connectivity index (χ1v) is 41.6. The average Bonchev–Trinajstić information content (AvgIpc) is 0.855. The van der Waals surface area contributed by atoms with Crippen molar-refractivity contribution in [3.05, 3.63) is 0 Å². The summed E-state index contributed by atoms with van der Waals surface area (Å²) in [5, 5.41) is 0. The van der Waals surface area contributed by atoms with E-state index in [9.17, 15) is 57.5 Å². The van der Waals surface area contributed by atoms with E-state index in [-0.39, 0.29) is 203 Å². The van der Waals surface area contributed by atoms with Gasteiger partial charge in [-0.15, -0.1) is 0 Å². The lowest BCUT2D eigenvalue weighted by molar-refractivity contribution is -0.179. The Kier molecular flexibility index (Phi) is 61.5. The third kappa shape index (κ3) is 50.6. The van der Waals surface area contributed by atoms with Crippen molar-refractivity contribution >= 4 is 71.6 Å². The van der Waals surface area contributed by atoms with Gasteiger partial charge in [-0.25, -0.2) is 0 Å². The highest BCUT2D eigenvalue weighted by Crippen LogP contribution is 2.32. The number of hydrogen-bond acceptors (Lipinski definition) is 32. The van der Waals surface area contributed by atoms with Gasteiger partial charge in [-0.2, -0.15) is 0 Å². The quantitative estimate of drug-likeness (QED) is 0.0403. The van der Waals surface area contributed by atoms with Gasteiger partial charge in [0.1, 0.15) is 79.3 Å². The van der Waals surface area contributed by atoms with Gasteiger partial charge in [-0.05, 0) is 98.3 Å². The van der Waals surface area contributed by atoms with Gasteiger partial charge in [0.15, 0.2) is 0 Å². The first-order valence-electron chi connectivity index (χ1n) is 41.6. The van der Waals surface area contributed by atoms with E-state index in [4.69, 9.17) is 94.7 Å². The molecule has 0 aromatic rings. The number of carbonyl (C=O) groups is 12. The van der Waals surface area contributed by atoms with Crippen molar-refractivity contribution in [2.45, 2.75) is 245 Å². The van der Waals surface area contributed by atoms with E-state index in [1.54, 1.807) is 41.5 Å². The van der Waals surface area contributed by atoms with Gasteiger partial charge < -0.3 is 94.7 Å². The largest absolute Gasteiger partial charge is 0.465 e. The van der Waals surface area contributed by atoms with Crippen LogP contribution in [0.15, 0.2) is 0 Å². The Hall–Kier alpha value is -6.68. The fraction of sp³-hybridized carbons (Fsp3) is 0.855. The highest BCUT2D eigenvalue weighted by atomic mass is 16.6. The minimum atomic E-state index is -1.63. The zero-order chi connectivity index (χ0) is 86.1. The topological polar surface area (TPSA) is 389 Å². The molecule has 0 aliphatic carbocycles. The zero-order valence-corrected chi connectivity index (χ0v) is 72.1. The van der Waals surface area contributed by atoms with Gasteiger partial charge in [0.05, 0.1) is 112 Å². The summed E-state index contributed by atoms with van der Waals surface area (Å²) in [6.07, 6.45) is 4.29. The molecule has 668 valence electrons. The van der Waals surface area contributed by atoms with E-state index in [1.165, 1.54) is 0 Å². The molecule has 0 fully saturated rings. The van der Waals surface area contributed by atoms with Crippen LogP contribution in [0.2, 0.25) is 0 Å². The molecule has 0 atom stereocenters. The summed E-state index contributed by atoms with van der Waals surface area (Å²) in [6, 6.07) is 0. The molecule has 0 saturated heterocycles. The predicted octanol–water partition coefficient (Wildman–Crippen LogP) is 10.8. The molecule has 0 heterocycles. The third-order valence-corrected chi connectivity index (χ3v) is 17.5. The van der Waals surface area contributed by atoms with Crippen LogP contribution < -0.4 is 0 Å². The van der Waals surface area contributed by atoms with E-state index in [0.717, 1.165) is 0 Å². The summed E-state index contributed by atoms with van der Waals surface area (Å²) in [5.41, 5.74) is -8.54. The minimum absolute atomic E-state index is 0.0121. The van der Waals surface area contributed by atoms with Crippen molar-refractivity contribution in [2.75, 3.05) is 185 Å². The highest BCUT2D eigenvalue weighted by Gasteiger charge is 2.45. The Balaban J connectivity index is 8.27. The van der Waals surface area contributed by atoms with Crippen molar-refractivity contribution in [2.24, 2.45) is 32.5 Å². The van der Waals surface area contributed by atoms with Crippen molar-refractivity contribution in [1.29, 1.82) is 0 Å². The molecule has 0 aliphatic rings. The smallest absolute Gasteiger partial charge is 0.305 e. The lowest BCUT2D eigenvalue weighted by atomic mass is 9.89. The molecular weight excluding hydrogens is 1510 g/mol. The van der Waals surface area contributed by atoms with Crippen molar-refractivity contribution in [3.8, 4) is 0 Å². The molecule has 32 nitrogen and oxygen atoms in total. The van der Waals surface area contributed by atoms with Crippen LogP contribution in [0.4, 0.5) is 0 Å². The molecule has 0 unspecified atom stereocenters. The van der Waals surface area contributed by atoms with Crippen LogP contribution in [0, 0.1) is 32.5 Å². The van der Waals surface area contributed by atoms with Gasteiger partial charge in [0, 0.05) is 103 Å². The summed E-state index contributed by atoms with van der Waals surface area (Å²) in [6.45, 7) is 17.7. The standard InChI is InChI=1S/C83H144O32/c1-15-30-66(84)104-54-78(42-96-25-11,55-105-67(85)31-16-2)46-100-50-82(62-112-74(92)38-23-9,51-101-47-79(43-97-26-12,56-106-68(86)32-17-3)57-107-69(87)33-18-4)64-114-76(94)40-29-41-77(95)115-65-83(63-113-75(93)39-24-10,52-102-48-80(44-98-27-13,58-108-70(88)34-19-5)59-109-71(89)35-20-6)53-103-49-81(45-99-28-14,60-110-72(90)36-21-7)61-111-73(91)37-22-8/h15-65H2,1-14H3. The Morgan fingerprint density at radius 3 is 0.357 bits per heavy atom. The van der Waals surface area contributed by atoms with Crippen LogP contribution in [0.3, 0.4) is 0 Å². The average molecular weight is 1650 g/mol. The summed E-state index contributed by atoms with van der Waals surface area (Å²) in [4.78, 5) is 160. The third-order valence-electron chi connectivity index (χ3n) is 17.5. The maximum absolute atomic E-state index is 14.3. The highest BCUT2D eigenvalue weighted by molar-refractivity contribution is 5.74. The van der Waals surface area contributed by atoms with Crippen LogP contribution in [0.25, 0.3) is 0 Å². The van der Waals surface area contributed by atoms with Gasteiger partial charge in [-0.1, -0.05) is 69.2 Å². The Morgan fingerprint density at radius 1 is 0.148 bits per heavy atom. The number of hydrogen-bond donors (Lipinski definition) is 0. The molecule has 0 aliphatic heterocycles. The van der Waals surface area contributed by atoms with Crippen LogP contribution in [-0.2, 0) is 152 Å². The van der Waals surface area contributed by atoms with Gasteiger partial charge >= 0.3 is 71.6 Å². The molecule has 32 heteroatoms. The first-order chi connectivity index (χ1) is 55.1. The second-order valence-corrected chi connectivity index (χ2v) is 29.8. The maximum atomic E-state index is 14.3. The lowest BCUT2D eigenvalue weighted by Gasteiger charge is -2.37. The van der Waals surface area contributed by atoms with Crippen molar-refractivity contribution in [1.82, 2.24) is 0 Å². The summed E-state index contributed by atoms with van der Waals surface area (Å²) in [5.74, 6) is -7.16. The molecule has 115 heavy (non-hydrogen) atoms. The molecule has 0 aromatic heterocycles. The van der Waals surface area contributed by atoms with Gasteiger partial charge in [-0.3, -0.25) is 57.5 Å². The molecule has 0 rings (SSSR count). The molecule has 0 N–H and O–H groups in total. The minimum Gasteiger partial charge on any atom is -0.465 e. The molecule has 0 bridgehead atoms. The van der Waals surface area contributed by atoms with Gasteiger partial charge in [0.2, 0.25) is 0 Å². The molecule has 0 radical (unpaired) electrons. The van der Waals surface area contributed by atoms with E-state index >= 15 is 0 Å². The normalized spacial score (nSPS) is 11.9. The second-order valence-electron chi connectivity index (χ2n) is 29.8. The Labute approximate surface area is 683 Å². The lowest BCUT2D eigenvalue weighted by Crippen LogP contribution is -2.48. The molecule has 0 aromatic carbocycles. The van der Waals surface area contributed by atoms with Crippen LogP contribution >= 0.6 is 0 Å². The molecular formula is C83H144O32. The van der Waals surface area contributed by atoms with Gasteiger partial charge in [0.25, 0.3) is 0 Å². The van der Waals surface area contributed by atoms with E-state index in [2.05, 4.69) is 0 Å². The van der Waals surface area contributed by atoms with Crippen LogP contribution in [0.5, 0.6) is 0 Å². The Bertz CT molecular complexity index is 2320. The molecule has 0 saturated carbocycles. The number of ether oxygens (including phenoxy) is 20. The maximum Gasteiger partial charge on any atom is 0.305 e. The van der Waals surface area contributed by atoms with Crippen LogP contribution in [-0.4, -0.2) is 257 Å². The van der Waals surface area contributed by atoms with E-state index < -0.39 is 170 Å². The molecule has 0 amide bonds. The predicted molar refractivity (Wildman–Crippen MR) is 418 cm³/mol. The van der Waals surface area contributed by atoms with E-state index in [1.807, 2.05) is 55.4 Å². The van der Waals surface area contributed by atoms with E-state index in [0.29, 0.717) is 64.2 Å². The second kappa shape index (κ2) is 65.3. The Morgan fingerprint density at radius 2 is 0.252 bits per heavy atom. The summed E-state index contributed by atoms with van der Waals surface area (Å²) < 4.78 is 120. The summed E-state index contributed by atoms with van der Waals surface area (Å²) in [7, 11) is 0. The van der Waals surface area contributed by atoms with Crippen molar-refractivity contribution < 1.29 is 152 Å². The fourth-order valence-corrected chi connectivity index (χ4v) is 10.8. The SMILES string of the molecule is CCCC(=O)OCC(COCC)(COCC(COCC(COCC)(COC(=O)CCC)COC(=O)CCC)(COC(=O)CCC)COC(=O)CCCC(=O)OCC(COCC(COCC)(COC(=O)CCC)COC(=O)CCC)(COCC(COCC)(COC(=O)CCC)COC(=O)CCC)COC(=O)CCC)COC(=O)CCC. The fourth-order valence-electron chi connectivity index (χ4n) is 10.8.